The van der Waals surface area contributed by atoms with Gasteiger partial charge in [-0.25, -0.2) is 0 Å². The van der Waals surface area contributed by atoms with Crippen LogP contribution in [-0.2, 0) is 13.1 Å². The molecule has 2 atom stereocenters. The van der Waals surface area contributed by atoms with Crippen LogP contribution >= 0.6 is 11.6 Å². The van der Waals surface area contributed by atoms with E-state index >= 15 is 0 Å². The van der Waals surface area contributed by atoms with Crippen LogP contribution < -0.4 is 0 Å². The molecule has 2 rings (SSSR count). The number of nitrogens with zero attached hydrogens (tertiary/aromatic N) is 4. The minimum Gasteiger partial charge on any atom is -0.392 e. The van der Waals surface area contributed by atoms with Crippen LogP contribution in [0.4, 0.5) is 0 Å². The van der Waals surface area contributed by atoms with Gasteiger partial charge in [0.25, 0.3) is 0 Å². The standard InChI is InChI=1S/C14H25ClN4O/c1-5-19-13(14(15)10(2)16-19)9-18-8-12(20)6-11(18)7-17(3)4/h11-12,20H,5-9H2,1-4H3. The van der Waals surface area contributed by atoms with Crippen molar-refractivity contribution in [1.82, 2.24) is 19.6 Å². The summed E-state index contributed by atoms with van der Waals surface area (Å²) in [4.78, 5) is 4.48. The van der Waals surface area contributed by atoms with Crippen molar-refractivity contribution >= 4 is 11.6 Å². The predicted octanol–water partition coefficient (Wildman–Crippen LogP) is 1.36. The van der Waals surface area contributed by atoms with E-state index in [9.17, 15) is 5.11 Å². The van der Waals surface area contributed by atoms with Gasteiger partial charge in [0.2, 0.25) is 0 Å². The summed E-state index contributed by atoms with van der Waals surface area (Å²) in [7, 11) is 4.13. The summed E-state index contributed by atoms with van der Waals surface area (Å²) in [6.45, 7) is 7.24. The van der Waals surface area contributed by atoms with E-state index in [-0.39, 0.29) is 6.10 Å². The molecule has 0 aliphatic carbocycles. The fraction of sp³-hybridized carbons (Fsp3) is 0.786. The molecule has 1 aliphatic heterocycles. The number of β-amino-alcohol motifs (C(OH)–C–C–N with tert-alkyl or cyclic N) is 1. The highest BCUT2D eigenvalue weighted by molar-refractivity contribution is 6.31. The maximum atomic E-state index is 9.95. The van der Waals surface area contributed by atoms with Crippen LogP contribution in [0.3, 0.4) is 0 Å². The Balaban J connectivity index is 2.15. The molecule has 5 nitrogen and oxygen atoms in total. The molecule has 2 heterocycles. The molecule has 20 heavy (non-hydrogen) atoms. The van der Waals surface area contributed by atoms with E-state index in [4.69, 9.17) is 11.6 Å². The maximum Gasteiger partial charge on any atom is 0.0860 e. The van der Waals surface area contributed by atoms with Crippen LogP contribution in [0.5, 0.6) is 0 Å². The maximum absolute atomic E-state index is 9.95. The largest absolute Gasteiger partial charge is 0.392 e. The second-order valence-electron chi connectivity index (χ2n) is 5.90. The molecule has 2 unspecified atom stereocenters. The SMILES string of the molecule is CCn1nc(C)c(Cl)c1CN1CC(O)CC1CN(C)C. The van der Waals surface area contributed by atoms with Gasteiger partial charge in [0, 0.05) is 32.2 Å². The Morgan fingerprint density at radius 1 is 1.45 bits per heavy atom. The second kappa shape index (κ2) is 6.43. The Morgan fingerprint density at radius 3 is 2.75 bits per heavy atom. The summed E-state index contributed by atoms with van der Waals surface area (Å²) in [6.07, 6.45) is 0.590. The number of hydrogen-bond acceptors (Lipinski definition) is 4. The van der Waals surface area contributed by atoms with Crippen LogP contribution in [-0.4, -0.2) is 64.0 Å². The molecule has 114 valence electrons. The first-order valence-corrected chi connectivity index (χ1v) is 7.58. The third kappa shape index (κ3) is 3.34. The molecular formula is C14H25ClN4O. The van der Waals surface area contributed by atoms with Gasteiger partial charge in [-0.05, 0) is 34.4 Å². The zero-order valence-corrected chi connectivity index (χ0v) is 13.6. The summed E-state index contributed by atoms with van der Waals surface area (Å²) < 4.78 is 1.97. The first-order valence-electron chi connectivity index (χ1n) is 7.21. The van der Waals surface area contributed by atoms with E-state index in [2.05, 4.69) is 35.9 Å². The number of aliphatic hydroxyl groups excluding tert-OH is 1. The van der Waals surface area contributed by atoms with E-state index in [0.717, 1.165) is 42.5 Å². The summed E-state index contributed by atoms with van der Waals surface area (Å²) >= 11 is 6.38. The number of aromatic nitrogens is 2. The normalized spacial score (nSPS) is 23.9. The zero-order chi connectivity index (χ0) is 14.9. The molecule has 0 bridgehead atoms. The highest BCUT2D eigenvalue weighted by Crippen LogP contribution is 2.26. The third-order valence-electron chi connectivity index (χ3n) is 3.89. The Bertz CT molecular complexity index is 460. The fourth-order valence-electron chi connectivity index (χ4n) is 2.98. The topological polar surface area (TPSA) is 44.5 Å². The zero-order valence-electron chi connectivity index (χ0n) is 12.8. The molecule has 1 aromatic heterocycles. The van der Waals surface area contributed by atoms with Gasteiger partial charge in [0.1, 0.15) is 0 Å². The molecule has 0 radical (unpaired) electrons. The lowest BCUT2D eigenvalue weighted by molar-refractivity contribution is 0.167. The lowest BCUT2D eigenvalue weighted by atomic mass is 10.2. The average Bonchev–Trinajstić information content (AvgIpc) is 2.83. The van der Waals surface area contributed by atoms with Crippen LogP contribution in [0.1, 0.15) is 24.7 Å². The number of likely N-dealkylation sites (N-methyl/N-ethyl adjacent to an activating group) is 1. The number of aryl methyl sites for hydroxylation is 2. The van der Waals surface area contributed by atoms with Crippen molar-refractivity contribution in [3.8, 4) is 0 Å². The molecule has 1 aromatic rings. The number of rotatable bonds is 5. The van der Waals surface area contributed by atoms with Crippen molar-refractivity contribution in [2.45, 2.75) is 45.5 Å². The Labute approximate surface area is 126 Å². The van der Waals surface area contributed by atoms with E-state index in [0.29, 0.717) is 12.6 Å². The monoisotopic (exact) mass is 300 g/mol. The van der Waals surface area contributed by atoms with Gasteiger partial charge < -0.3 is 10.0 Å². The molecule has 0 spiro atoms. The number of halogens is 1. The van der Waals surface area contributed by atoms with E-state index < -0.39 is 0 Å². The minimum atomic E-state index is -0.238. The molecule has 1 aliphatic rings. The van der Waals surface area contributed by atoms with Crippen molar-refractivity contribution in [3.05, 3.63) is 16.4 Å². The van der Waals surface area contributed by atoms with Crippen LogP contribution in [0.2, 0.25) is 5.02 Å². The molecule has 1 fully saturated rings. The van der Waals surface area contributed by atoms with Crippen molar-refractivity contribution in [3.63, 3.8) is 0 Å². The first-order chi connectivity index (χ1) is 9.42. The summed E-state index contributed by atoms with van der Waals surface area (Å²) in [5, 5.41) is 15.2. The third-order valence-corrected chi connectivity index (χ3v) is 4.38. The second-order valence-corrected chi connectivity index (χ2v) is 6.27. The molecule has 1 N–H and O–H groups in total. The predicted molar refractivity (Wildman–Crippen MR) is 81.0 cm³/mol. The number of likely N-dealkylation sites (tertiary alicyclic amines) is 1. The van der Waals surface area contributed by atoms with E-state index in [1.54, 1.807) is 0 Å². The molecule has 0 saturated carbocycles. The van der Waals surface area contributed by atoms with Gasteiger partial charge in [-0.3, -0.25) is 9.58 Å². The van der Waals surface area contributed by atoms with Gasteiger partial charge in [-0.1, -0.05) is 11.6 Å². The Kier molecular flexibility index (Phi) is 5.07. The van der Waals surface area contributed by atoms with Gasteiger partial charge >= 0.3 is 0 Å². The fourth-order valence-corrected chi connectivity index (χ4v) is 3.17. The van der Waals surface area contributed by atoms with Gasteiger partial charge in [0.15, 0.2) is 0 Å². The van der Waals surface area contributed by atoms with Gasteiger partial charge in [0.05, 0.1) is 22.5 Å². The molecule has 0 aromatic carbocycles. The smallest absolute Gasteiger partial charge is 0.0860 e. The lowest BCUT2D eigenvalue weighted by Gasteiger charge is -2.26. The summed E-state index contributed by atoms with van der Waals surface area (Å²) in [5.74, 6) is 0. The van der Waals surface area contributed by atoms with Gasteiger partial charge in [-0.15, -0.1) is 0 Å². The Morgan fingerprint density at radius 2 is 2.15 bits per heavy atom. The van der Waals surface area contributed by atoms with Crippen molar-refractivity contribution in [2.75, 3.05) is 27.2 Å². The molecule has 1 saturated heterocycles. The van der Waals surface area contributed by atoms with Crippen molar-refractivity contribution < 1.29 is 5.11 Å². The average molecular weight is 301 g/mol. The van der Waals surface area contributed by atoms with Crippen molar-refractivity contribution in [2.24, 2.45) is 0 Å². The molecule has 0 amide bonds. The number of hydrogen-bond donors (Lipinski definition) is 1. The lowest BCUT2D eigenvalue weighted by Crippen LogP contribution is -2.37. The molecule has 6 heteroatoms. The quantitative estimate of drug-likeness (QED) is 0.892. The van der Waals surface area contributed by atoms with E-state index in [1.165, 1.54) is 0 Å². The van der Waals surface area contributed by atoms with Crippen LogP contribution in [0, 0.1) is 6.92 Å². The first kappa shape index (κ1) is 15.8. The van der Waals surface area contributed by atoms with Crippen LogP contribution in [0.15, 0.2) is 0 Å². The van der Waals surface area contributed by atoms with E-state index in [1.807, 2.05) is 11.6 Å². The van der Waals surface area contributed by atoms with Gasteiger partial charge in [-0.2, -0.15) is 5.10 Å². The molecular weight excluding hydrogens is 276 g/mol. The minimum absolute atomic E-state index is 0.238. The van der Waals surface area contributed by atoms with Crippen LogP contribution in [0.25, 0.3) is 0 Å². The number of aliphatic hydroxyl groups is 1. The highest BCUT2D eigenvalue weighted by atomic mass is 35.5. The van der Waals surface area contributed by atoms with Crippen molar-refractivity contribution in [1.29, 1.82) is 0 Å². The Hall–Kier alpha value is -0.620. The summed E-state index contributed by atoms with van der Waals surface area (Å²) in [5.41, 5.74) is 1.94. The highest BCUT2D eigenvalue weighted by Gasteiger charge is 2.32. The summed E-state index contributed by atoms with van der Waals surface area (Å²) in [6, 6.07) is 0.372.